The summed E-state index contributed by atoms with van der Waals surface area (Å²) in [5, 5.41) is 2.31. The van der Waals surface area contributed by atoms with Crippen LogP contribution in [0.3, 0.4) is 0 Å². The topological polar surface area (TPSA) is 29.1 Å². The first kappa shape index (κ1) is 13.4. The molecule has 0 saturated heterocycles. The molecule has 0 aliphatic carbocycles. The van der Waals surface area contributed by atoms with E-state index in [1.165, 1.54) is 12.1 Å². The number of amides is 1. The van der Waals surface area contributed by atoms with E-state index in [0.29, 0.717) is 0 Å². The van der Waals surface area contributed by atoms with E-state index in [9.17, 15) is 9.18 Å². The van der Waals surface area contributed by atoms with Crippen LogP contribution in [-0.4, -0.2) is 8.05 Å². The molecule has 0 saturated carbocycles. The van der Waals surface area contributed by atoms with Crippen LogP contribution in [0.2, 0.25) is 5.02 Å². The number of hydrogen-bond acceptors (Lipinski definition) is 1. The standard InChI is InChI=1S/C8H4Br3ClFNO/c9-8(10,11)7(15)14-5-3-1-2-4(12)6(5)13/h1-3H,(H,14,15). The quantitative estimate of drug-likeness (QED) is 0.671. The summed E-state index contributed by atoms with van der Waals surface area (Å²) in [6, 6.07) is 4.35. The molecule has 0 spiro atoms. The summed E-state index contributed by atoms with van der Waals surface area (Å²) in [5.74, 6) is -1.16. The number of carbonyl (C=O) groups is 1. The average Bonchev–Trinajstić information content (AvgIpc) is 2.11. The second kappa shape index (κ2) is 5.12. The Morgan fingerprint density at radius 2 is 2.00 bits per heavy atom. The molecule has 0 atom stereocenters. The molecule has 1 amide bonds. The van der Waals surface area contributed by atoms with Crippen molar-refractivity contribution in [3.8, 4) is 0 Å². The van der Waals surface area contributed by atoms with Crippen LogP contribution in [0.5, 0.6) is 0 Å². The summed E-state index contributed by atoms with van der Waals surface area (Å²) in [4.78, 5) is 11.4. The molecule has 1 N–H and O–H groups in total. The van der Waals surface area contributed by atoms with E-state index >= 15 is 0 Å². The van der Waals surface area contributed by atoms with Crippen molar-refractivity contribution in [1.82, 2.24) is 0 Å². The predicted octanol–water partition coefficient (Wildman–Crippen LogP) is 4.26. The molecule has 0 radical (unpaired) electrons. The van der Waals surface area contributed by atoms with Gasteiger partial charge in [0.05, 0.1) is 10.7 Å². The van der Waals surface area contributed by atoms with Gasteiger partial charge in [0, 0.05) is 0 Å². The minimum Gasteiger partial charge on any atom is -0.321 e. The van der Waals surface area contributed by atoms with Crippen LogP contribution in [0.25, 0.3) is 0 Å². The normalized spacial score (nSPS) is 11.3. The number of nitrogens with one attached hydrogen (secondary N) is 1. The minimum absolute atomic E-state index is 0.0234. The van der Waals surface area contributed by atoms with E-state index in [2.05, 4.69) is 53.1 Å². The maximum Gasteiger partial charge on any atom is 0.263 e. The lowest BCUT2D eigenvalue weighted by molar-refractivity contribution is -0.114. The minimum atomic E-state index is -1.12. The highest BCUT2D eigenvalue weighted by Crippen LogP contribution is 2.35. The van der Waals surface area contributed by atoms with E-state index in [1.54, 1.807) is 6.07 Å². The molecule has 1 aromatic carbocycles. The van der Waals surface area contributed by atoms with Gasteiger partial charge >= 0.3 is 0 Å². The van der Waals surface area contributed by atoms with Gasteiger partial charge in [0.25, 0.3) is 5.91 Å². The smallest absolute Gasteiger partial charge is 0.263 e. The fourth-order valence-corrected chi connectivity index (χ4v) is 1.27. The van der Waals surface area contributed by atoms with Gasteiger partial charge in [-0.2, -0.15) is 0 Å². The number of alkyl halides is 3. The first-order valence-electron chi connectivity index (χ1n) is 3.64. The summed E-state index contributed by atoms with van der Waals surface area (Å²) in [7, 11) is 0. The van der Waals surface area contributed by atoms with E-state index in [1.807, 2.05) is 0 Å². The Labute approximate surface area is 116 Å². The highest BCUT2D eigenvalue weighted by Gasteiger charge is 2.29. The van der Waals surface area contributed by atoms with Crippen LogP contribution in [0, 0.1) is 5.82 Å². The van der Waals surface area contributed by atoms with Crippen molar-refractivity contribution in [3.63, 3.8) is 0 Å². The Morgan fingerprint density at radius 3 is 2.53 bits per heavy atom. The molecule has 1 aromatic rings. The number of halogens is 5. The molecule has 82 valence electrons. The summed E-state index contributed by atoms with van der Waals surface area (Å²) >= 11 is 14.6. The molecule has 0 aromatic heterocycles. The van der Waals surface area contributed by atoms with Crippen LogP contribution in [0.4, 0.5) is 10.1 Å². The van der Waals surface area contributed by atoms with E-state index < -0.39 is 13.9 Å². The molecule has 1 rings (SSSR count). The van der Waals surface area contributed by atoms with Crippen LogP contribution in [0.15, 0.2) is 18.2 Å². The first-order chi connectivity index (χ1) is 6.82. The molecular weight excluding hydrogens is 420 g/mol. The van der Waals surface area contributed by atoms with Gasteiger partial charge in [-0.1, -0.05) is 17.7 Å². The van der Waals surface area contributed by atoms with Crippen molar-refractivity contribution in [2.24, 2.45) is 0 Å². The monoisotopic (exact) mass is 421 g/mol. The summed E-state index contributed by atoms with van der Waals surface area (Å²) in [5.41, 5.74) is 0.0234. The maximum atomic E-state index is 13.4. The zero-order chi connectivity index (χ0) is 11.6. The van der Waals surface area contributed by atoms with E-state index in [0.717, 1.165) is 0 Å². The Morgan fingerprint density at radius 1 is 1.40 bits per heavy atom. The van der Waals surface area contributed by atoms with E-state index in [4.69, 9.17) is 11.6 Å². The lowest BCUT2D eigenvalue weighted by atomic mass is 10.3. The molecule has 15 heavy (non-hydrogen) atoms. The van der Waals surface area contributed by atoms with Crippen molar-refractivity contribution in [1.29, 1.82) is 0 Å². The van der Waals surface area contributed by atoms with Crippen molar-refractivity contribution < 1.29 is 9.18 Å². The Hall–Kier alpha value is 0.350. The van der Waals surface area contributed by atoms with Crippen molar-refractivity contribution in [2.75, 3.05) is 5.32 Å². The van der Waals surface area contributed by atoms with Gasteiger partial charge in [-0.05, 0) is 59.9 Å². The first-order valence-corrected chi connectivity index (χ1v) is 6.40. The number of anilines is 1. The van der Waals surface area contributed by atoms with Crippen LogP contribution in [-0.2, 0) is 4.79 Å². The molecule has 0 fully saturated rings. The Kier molecular flexibility index (Phi) is 4.58. The second-order valence-electron chi connectivity index (χ2n) is 2.55. The SMILES string of the molecule is O=C(Nc1cccc(Cl)c1F)C(Br)(Br)Br. The average molecular weight is 424 g/mol. The van der Waals surface area contributed by atoms with Crippen LogP contribution < -0.4 is 5.32 Å². The lowest BCUT2D eigenvalue weighted by Gasteiger charge is -2.13. The zero-order valence-corrected chi connectivity index (χ0v) is 12.5. The van der Waals surface area contributed by atoms with Gasteiger partial charge in [-0.3, -0.25) is 4.79 Å². The fourth-order valence-electron chi connectivity index (χ4n) is 0.794. The van der Waals surface area contributed by atoms with Gasteiger partial charge in [0.1, 0.15) is 0 Å². The van der Waals surface area contributed by atoms with Crippen LogP contribution >= 0.6 is 59.4 Å². The molecule has 0 aliphatic heterocycles. The predicted molar refractivity (Wildman–Crippen MR) is 69.6 cm³/mol. The highest BCUT2D eigenvalue weighted by atomic mass is 80.0. The number of hydrogen-bond donors (Lipinski definition) is 1. The zero-order valence-electron chi connectivity index (χ0n) is 7.03. The third-order valence-electron chi connectivity index (χ3n) is 1.46. The molecular formula is C8H4Br3ClFNO. The second-order valence-corrected chi connectivity index (χ2v) is 9.72. The van der Waals surface area contributed by atoms with E-state index in [-0.39, 0.29) is 10.7 Å². The number of carbonyl (C=O) groups excluding carboxylic acids is 1. The molecule has 0 bridgehead atoms. The molecule has 0 heterocycles. The van der Waals surface area contributed by atoms with Gasteiger partial charge in [-0.15, -0.1) is 0 Å². The summed E-state index contributed by atoms with van der Waals surface area (Å²) in [6.45, 7) is 0. The fraction of sp³-hybridized carbons (Fsp3) is 0.125. The summed E-state index contributed by atoms with van der Waals surface area (Å²) in [6.07, 6.45) is 0. The molecule has 7 heteroatoms. The van der Waals surface area contributed by atoms with Crippen molar-refractivity contribution in [2.45, 2.75) is 2.14 Å². The van der Waals surface area contributed by atoms with Crippen molar-refractivity contribution >= 4 is 71.0 Å². The largest absolute Gasteiger partial charge is 0.321 e. The summed E-state index contributed by atoms with van der Waals surface area (Å²) < 4.78 is 12.2. The van der Waals surface area contributed by atoms with Crippen LogP contribution in [0.1, 0.15) is 0 Å². The van der Waals surface area contributed by atoms with Gasteiger partial charge in [0.2, 0.25) is 2.14 Å². The molecule has 0 aliphatic rings. The maximum absolute atomic E-state index is 13.4. The van der Waals surface area contributed by atoms with Gasteiger partial charge < -0.3 is 5.32 Å². The van der Waals surface area contributed by atoms with Crippen molar-refractivity contribution in [3.05, 3.63) is 29.0 Å². The third kappa shape index (κ3) is 3.69. The Balaban J connectivity index is 2.91. The lowest BCUT2D eigenvalue weighted by Crippen LogP contribution is -2.26. The molecule has 2 nitrogen and oxygen atoms in total. The number of benzene rings is 1. The van der Waals surface area contributed by atoms with Gasteiger partial charge in [0.15, 0.2) is 5.82 Å². The molecule has 0 unspecified atom stereocenters. The highest BCUT2D eigenvalue weighted by molar-refractivity contribution is 9.40. The van der Waals surface area contributed by atoms with Gasteiger partial charge in [-0.25, -0.2) is 4.39 Å². The third-order valence-corrected chi connectivity index (χ3v) is 2.83. The number of rotatable bonds is 1. The Bertz CT molecular complexity index is 394.